The molecule has 1 aromatic heterocycles. The van der Waals surface area contributed by atoms with E-state index < -0.39 is 0 Å². The van der Waals surface area contributed by atoms with Crippen molar-refractivity contribution < 1.29 is 4.79 Å². The maximum Gasteiger partial charge on any atom is 0.242 e. The Kier molecular flexibility index (Phi) is 4.70. The van der Waals surface area contributed by atoms with E-state index in [2.05, 4.69) is 10.2 Å². The van der Waals surface area contributed by atoms with Gasteiger partial charge in [-0.25, -0.2) is 0 Å². The zero-order chi connectivity index (χ0) is 15.4. The Bertz CT molecular complexity index is 695. The van der Waals surface area contributed by atoms with Crippen molar-refractivity contribution in [2.45, 2.75) is 18.7 Å². The highest BCUT2D eigenvalue weighted by molar-refractivity contribution is 8.15. The summed E-state index contributed by atoms with van der Waals surface area (Å²) in [5.74, 6) is 0.0823. The molecule has 0 bridgehead atoms. The molecular formula is C16H15N3OS2. The van der Waals surface area contributed by atoms with Crippen LogP contribution in [0.1, 0.15) is 17.4 Å². The van der Waals surface area contributed by atoms with Gasteiger partial charge < -0.3 is 0 Å². The van der Waals surface area contributed by atoms with Crippen LogP contribution in [0.5, 0.6) is 0 Å². The molecule has 1 saturated heterocycles. The molecule has 1 fully saturated rings. The number of thioether (sulfide) groups is 1. The van der Waals surface area contributed by atoms with Crippen molar-refractivity contribution in [3.8, 4) is 0 Å². The third-order valence-corrected chi connectivity index (χ3v) is 5.06. The van der Waals surface area contributed by atoms with Crippen LogP contribution in [-0.4, -0.2) is 27.4 Å². The average Bonchev–Trinajstić information content (AvgIpc) is 3.13. The van der Waals surface area contributed by atoms with E-state index in [1.165, 1.54) is 11.8 Å². The van der Waals surface area contributed by atoms with Crippen molar-refractivity contribution in [2.24, 2.45) is 10.2 Å². The minimum absolute atomic E-state index is 0.0823. The van der Waals surface area contributed by atoms with Gasteiger partial charge in [-0.3, -0.25) is 9.69 Å². The highest BCUT2D eigenvalue weighted by Gasteiger charge is 2.35. The molecule has 0 saturated carbocycles. The Balaban J connectivity index is 1.77. The number of hydrogen-bond donors (Lipinski definition) is 0. The summed E-state index contributed by atoms with van der Waals surface area (Å²) in [7, 11) is 0. The Morgan fingerprint density at radius 2 is 2.05 bits per heavy atom. The molecule has 6 heteroatoms. The van der Waals surface area contributed by atoms with Gasteiger partial charge in [0.05, 0.1) is 18.0 Å². The van der Waals surface area contributed by atoms with Gasteiger partial charge in [0, 0.05) is 4.88 Å². The van der Waals surface area contributed by atoms with Gasteiger partial charge in [0.15, 0.2) is 5.17 Å². The molecule has 1 amide bonds. The van der Waals surface area contributed by atoms with Gasteiger partial charge >= 0.3 is 0 Å². The van der Waals surface area contributed by atoms with Crippen LogP contribution in [0.2, 0.25) is 0 Å². The quantitative estimate of drug-likeness (QED) is 0.635. The fourth-order valence-electron chi connectivity index (χ4n) is 2.07. The van der Waals surface area contributed by atoms with Gasteiger partial charge in [-0.05, 0) is 23.9 Å². The minimum atomic E-state index is -0.112. The highest BCUT2D eigenvalue weighted by Crippen LogP contribution is 2.28. The summed E-state index contributed by atoms with van der Waals surface area (Å²) in [6.07, 6.45) is 1.71. The third kappa shape index (κ3) is 3.45. The lowest BCUT2D eigenvalue weighted by Crippen LogP contribution is -2.30. The lowest BCUT2D eigenvalue weighted by atomic mass is 10.2. The molecule has 0 N–H and O–H groups in total. The Hall–Kier alpha value is -1.92. The molecule has 4 nitrogen and oxygen atoms in total. The molecule has 0 spiro atoms. The zero-order valence-electron chi connectivity index (χ0n) is 12.0. The second kappa shape index (κ2) is 6.89. The molecule has 0 radical (unpaired) electrons. The predicted octanol–water partition coefficient (Wildman–Crippen LogP) is 3.60. The fourth-order valence-corrected chi connectivity index (χ4v) is 3.57. The lowest BCUT2D eigenvalue weighted by molar-refractivity contribution is -0.126. The maximum absolute atomic E-state index is 12.3. The van der Waals surface area contributed by atoms with E-state index in [0.717, 1.165) is 10.4 Å². The van der Waals surface area contributed by atoms with Gasteiger partial charge in [0.25, 0.3) is 0 Å². The van der Waals surface area contributed by atoms with Crippen LogP contribution >= 0.6 is 23.1 Å². The number of rotatable bonds is 4. The second-order valence-corrected chi connectivity index (χ2v) is 7.10. The number of carbonyl (C=O) groups is 1. The van der Waals surface area contributed by atoms with Crippen molar-refractivity contribution in [3.05, 3.63) is 58.3 Å². The standard InChI is InChI=1S/C16H15N3OS2/c1-12-15(20)19(11-13-6-3-2-4-7-13)16(22-12)18-17-10-14-8-5-9-21-14/h2-10,12H,11H2,1H3/b17-10-,18-16-/t12-/m1/s1. The Morgan fingerprint density at radius 3 is 2.77 bits per heavy atom. The first-order valence-electron chi connectivity index (χ1n) is 6.90. The normalized spacial score (nSPS) is 20.4. The summed E-state index contributed by atoms with van der Waals surface area (Å²) in [4.78, 5) is 15.0. The van der Waals surface area contributed by atoms with Crippen LogP contribution in [0, 0.1) is 0 Å². The molecule has 112 valence electrons. The monoisotopic (exact) mass is 329 g/mol. The number of nitrogens with zero attached hydrogens (tertiary/aromatic N) is 3. The first kappa shape index (κ1) is 15.0. The number of amidine groups is 1. The van der Waals surface area contributed by atoms with E-state index in [-0.39, 0.29) is 11.2 Å². The summed E-state index contributed by atoms with van der Waals surface area (Å²) in [6.45, 7) is 2.43. The number of amides is 1. The highest BCUT2D eigenvalue weighted by atomic mass is 32.2. The first-order valence-corrected chi connectivity index (χ1v) is 8.66. The van der Waals surface area contributed by atoms with E-state index in [4.69, 9.17) is 0 Å². The molecule has 1 aliphatic heterocycles. The van der Waals surface area contributed by atoms with Crippen molar-refractivity contribution >= 4 is 40.4 Å². The van der Waals surface area contributed by atoms with Gasteiger partial charge in [0.1, 0.15) is 0 Å². The molecule has 0 unspecified atom stereocenters. The van der Waals surface area contributed by atoms with Crippen molar-refractivity contribution in [1.82, 2.24) is 4.90 Å². The number of thiophene rings is 1. The molecule has 3 rings (SSSR count). The largest absolute Gasteiger partial charge is 0.284 e. The molecule has 0 aliphatic carbocycles. The molecule has 22 heavy (non-hydrogen) atoms. The third-order valence-electron chi connectivity index (χ3n) is 3.18. The van der Waals surface area contributed by atoms with E-state index in [1.807, 2.05) is 54.8 Å². The fraction of sp³-hybridized carbons (Fsp3) is 0.188. The van der Waals surface area contributed by atoms with Crippen molar-refractivity contribution in [2.75, 3.05) is 0 Å². The summed E-state index contributed by atoms with van der Waals surface area (Å²) in [5.41, 5.74) is 1.08. The molecule has 1 aliphatic rings. The van der Waals surface area contributed by atoms with Gasteiger partial charge in [-0.1, -0.05) is 48.2 Å². The first-order chi connectivity index (χ1) is 10.7. The molecular weight excluding hydrogens is 314 g/mol. The van der Waals surface area contributed by atoms with Crippen LogP contribution in [-0.2, 0) is 11.3 Å². The summed E-state index contributed by atoms with van der Waals surface area (Å²) in [5, 5.41) is 10.9. The van der Waals surface area contributed by atoms with E-state index in [1.54, 1.807) is 22.5 Å². The number of carbonyl (C=O) groups excluding carboxylic acids is 1. The van der Waals surface area contributed by atoms with Gasteiger partial charge in [-0.15, -0.1) is 16.4 Å². The smallest absolute Gasteiger partial charge is 0.242 e. The van der Waals surface area contributed by atoms with Crippen LogP contribution in [0.25, 0.3) is 0 Å². The van der Waals surface area contributed by atoms with Crippen LogP contribution in [0.15, 0.2) is 58.0 Å². The molecule has 1 atom stereocenters. The van der Waals surface area contributed by atoms with Gasteiger partial charge in [0.2, 0.25) is 5.91 Å². The summed E-state index contributed by atoms with van der Waals surface area (Å²) < 4.78 is 0. The molecule has 2 heterocycles. The molecule has 2 aromatic rings. The van der Waals surface area contributed by atoms with E-state index in [9.17, 15) is 4.79 Å². The van der Waals surface area contributed by atoms with Crippen molar-refractivity contribution in [3.63, 3.8) is 0 Å². The minimum Gasteiger partial charge on any atom is -0.284 e. The lowest BCUT2D eigenvalue weighted by Gasteiger charge is -2.15. The van der Waals surface area contributed by atoms with E-state index in [0.29, 0.717) is 11.7 Å². The second-order valence-electron chi connectivity index (χ2n) is 4.81. The maximum atomic E-state index is 12.3. The van der Waals surface area contributed by atoms with Gasteiger partial charge in [-0.2, -0.15) is 5.10 Å². The SMILES string of the molecule is C[C@H]1S/C(=N\N=C/c2cccs2)N(Cc2ccccc2)C1=O. The van der Waals surface area contributed by atoms with E-state index >= 15 is 0 Å². The van der Waals surface area contributed by atoms with Crippen LogP contribution < -0.4 is 0 Å². The van der Waals surface area contributed by atoms with Crippen LogP contribution in [0.4, 0.5) is 0 Å². The molecule has 1 aromatic carbocycles. The van der Waals surface area contributed by atoms with Crippen molar-refractivity contribution in [1.29, 1.82) is 0 Å². The van der Waals surface area contributed by atoms with Crippen LogP contribution in [0.3, 0.4) is 0 Å². The average molecular weight is 329 g/mol. The Morgan fingerprint density at radius 1 is 1.23 bits per heavy atom. The summed E-state index contributed by atoms with van der Waals surface area (Å²) in [6, 6.07) is 13.9. The number of hydrogen-bond acceptors (Lipinski definition) is 5. The Labute approximate surface area is 137 Å². The topological polar surface area (TPSA) is 45.0 Å². The summed E-state index contributed by atoms with van der Waals surface area (Å²) >= 11 is 3.06. The predicted molar refractivity (Wildman–Crippen MR) is 93.4 cm³/mol. The number of benzene rings is 1. The zero-order valence-corrected chi connectivity index (χ0v) is 13.7.